The van der Waals surface area contributed by atoms with E-state index in [1.807, 2.05) is 0 Å². The Morgan fingerprint density at radius 2 is 1.80 bits per heavy atom. The summed E-state index contributed by atoms with van der Waals surface area (Å²) < 4.78 is 42.1. The summed E-state index contributed by atoms with van der Waals surface area (Å²) in [5.74, 6) is 3.65. The number of aliphatic hydroxyl groups is 1. The second-order valence-corrected chi connectivity index (χ2v) is 4.94. The predicted octanol–water partition coefficient (Wildman–Crippen LogP) is 3.28. The number of anilines is 1. The Morgan fingerprint density at radius 1 is 1.16 bits per heavy atom. The lowest BCUT2D eigenvalue weighted by atomic mass is 10.1. The zero-order chi connectivity index (χ0) is 18.4. The van der Waals surface area contributed by atoms with Gasteiger partial charge in [-0.3, -0.25) is 4.79 Å². The van der Waals surface area contributed by atoms with Crippen molar-refractivity contribution in [2.75, 3.05) is 12.4 Å². The molecule has 0 fully saturated rings. The third kappa shape index (κ3) is 4.99. The first-order valence-corrected chi connectivity index (χ1v) is 7.12. The van der Waals surface area contributed by atoms with E-state index in [0.29, 0.717) is 11.3 Å². The van der Waals surface area contributed by atoms with Crippen LogP contribution in [0, 0.1) is 11.8 Å². The van der Waals surface area contributed by atoms with E-state index in [-0.39, 0.29) is 11.3 Å². The summed E-state index contributed by atoms with van der Waals surface area (Å²) >= 11 is 0. The SMILES string of the molecule is COc1ccc(C(O)C#Cc2ccccc2NC(=O)C(F)(F)F)cc1. The van der Waals surface area contributed by atoms with Gasteiger partial charge < -0.3 is 15.2 Å². The number of amides is 1. The summed E-state index contributed by atoms with van der Waals surface area (Å²) in [6, 6.07) is 12.3. The summed E-state index contributed by atoms with van der Waals surface area (Å²) in [6.07, 6.45) is -6.14. The van der Waals surface area contributed by atoms with Gasteiger partial charge in [-0.2, -0.15) is 13.2 Å². The first-order valence-electron chi connectivity index (χ1n) is 7.12. The van der Waals surface area contributed by atoms with Crippen LogP contribution in [0.3, 0.4) is 0 Å². The first-order chi connectivity index (χ1) is 11.8. The number of nitrogens with one attached hydrogen (secondary N) is 1. The Hall–Kier alpha value is -2.98. The van der Waals surface area contributed by atoms with Crippen LogP contribution in [0.1, 0.15) is 17.2 Å². The van der Waals surface area contributed by atoms with Crippen molar-refractivity contribution in [3.8, 4) is 17.6 Å². The molecule has 2 N–H and O–H groups in total. The molecule has 7 heteroatoms. The molecule has 2 aromatic carbocycles. The number of carbonyl (C=O) groups is 1. The van der Waals surface area contributed by atoms with Crippen molar-refractivity contribution in [2.45, 2.75) is 12.3 Å². The van der Waals surface area contributed by atoms with Gasteiger partial charge in [-0.15, -0.1) is 0 Å². The van der Waals surface area contributed by atoms with E-state index in [1.165, 1.54) is 25.3 Å². The van der Waals surface area contributed by atoms with E-state index in [4.69, 9.17) is 4.74 Å². The third-order valence-electron chi connectivity index (χ3n) is 3.21. The Labute approximate surface area is 142 Å². The molecule has 0 radical (unpaired) electrons. The van der Waals surface area contributed by atoms with Crippen LogP contribution in [0.25, 0.3) is 0 Å². The highest BCUT2D eigenvalue weighted by Crippen LogP contribution is 2.21. The number of hydrogen-bond acceptors (Lipinski definition) is 3. The molecule has 1 amide bonds. The molecule has 1 unspecified atom stereocenters. The predicted molar refractivity (Wildman–Crippen MR) is 86.0 cm³/mol. The van der Waals surface area contributed by atoms with Crippen molar-refractivity contribution in [1.82, 2.24) is 0 Å². The average molecular weight is 349 g/mol. The lowest BCUT2D eigenvalue weighted by Gasteiger charge is -2.09. The number of hydrogen-bond donors (Lipinski definition) is 2. The molecule has 0 aromatic heterocycles. The lowest BCUT2D eigenvalue weighted by molar-refractivity contribution is -0.167. The maximum Gasteiger partial charge on any atom is 0.471 e. The van der Waals surface area contributed by atoms with Crippen LogP contribution in [0.2, 0.25) is 0 Å². The van der Waals surface area contributed by atoms with Gasteiger partial charge in [0.25, 0.3) is 0 Å². The third-order valence-corrected chi connectivity index (χ3v) is 3.21. The van der Waals surface area contributed by atoms with Gasteiger partial charge in [-0.1, -0.05) is 36.1 Å². The number of ether oxygens (including phenoxy) is 1. The summed E-state index contributed by atoms with van der Waals surface area (Å²) in [5, 5.41) is 11.8. The molecular formula is C18H14F3NO3. The van der Waals surface area contributed by atoms with Crippen molar-refractivity contribution in [2.24, 2.45) is 0 Å². The molecule has 0 bridgehead atoms. The minimum Gasteiger partial charge on any atom is -0.497 e. The van der Waals surface area contributed by atoms with Crippen molar-refractivity contribution >= 4 is 11.6 Å². The minimum absolute atomic E-state index is 0.0840. The fourth-order valence-electron chi connectivity index (χ4n) is 1.91. The Bertz CT molecular complexity index is 805. The zero-order valence-corrected chi connectivity index (χ0v) is 13.1. The smallest absolute Gasteiger partial charge is 0.471 e. The Kier molecular flexibility index (Phi) is 5.67. The Morgan fingerprint density at radius 3 is 2.40 bits per heavy atom. The summed E-state index contributed by atoms with van der Waals surface area (Å²) in [5.41, 5.74) is 0.581. The van der Waals surface area contributed by atoms with E-state index >= 15 is 0 Å². The highest BCUT2D eigenvalue weighted by Gasteiger charge is 2.38. The van der Waals surface area contributed by atoms with Crippen molar-refractivity contribution in [3.05, 3.63) is 59.7 Å². The van der Waals surface area contributed by atoms with Gasteiger partial charge in [0, 0.05) is 5.56 Å². The van der Waals surface area contributed by atoms with Crippen LogP contribution in [0.4, 0.5) is 18.9 Å². The average Bonchev–Trinajstić information content (AvgIpc) is 2.60. The standard InChI is InChI=1S/C18H14F3NO3/c1-25-14-9-6-13(7-10-14)16(23)11-8-12-4-2-3-5-15(12)22-17(24)18(19,20)21/h2-7,9-10,16,23H,1H3,(H,22,24). The number of para-hydroxylation sites is 1. The molecule has 130 valence electrons. The zero-order valence-electron chi connectivity index (χ0n) is 13.1. The monoisotopic (exact) mass is 349 g/mol. The number of carbonyl (C=O) groups excluding carboxylic acids is 1. The van der Waals surface area contributed by atoms with Crippen molar-refractivity contribution in [3.63, 3.8) is 0 Å². The van der Waals surface area contributed by atoms with Gasteiger partial charge in [-0.25, -0.2) is 0 Å². The Balaban J connectivity index is 2.20. The van der Waals surface area contributed by atoms with Gasteiger partial charge in [0.05, 0.1) is 12.8 Å². The second-order valence-electron chi connectivity index (χ2n) is 4.94. The van der Waals surface area contributed by atoms with Gasteiger partial charge in [0.1, 0.15) is 11.9 Å². The molecule has 0 saturated carbocycles. The number of alkyl halides is 3. The van der Waals surface area contributed by atoms with E-state index in [2.05, 4.69) is 11.8 Å². The summed E-state index contributed by atoms with van der Waals surface area (Å²) in [7, 11) is 1.51. The van der Waals surface area contributed by atoms with Crippen LogP contribution >= 0.6 is 0 Å². The van der Waals surface area contributed by atoms with Crippen LogP contribution in [0.15, 0.2) is 48.5 Å². The number of benzene rings is 2. The van der Waals surface area contributed by atoms with E-state index in [0.717, 1.165) is 0 Å². The molecule has 4 nitrogen and oxygen atoms in total. The van der Waals surface area contributed by atoms with E-state index in [1.54, 1.807) is 35.6 Å². The second kappa shape index (κ2) is 7.73. The molecule has 25 heavy (non-hydrogen) atoms. The summed E-state index contributed by atoms with van der Waals surface area (Å²) in [4.78, 5) is 11.1. The van der Waals surface area contributed by atoms with Gasteiger partial charge >= 0.3 is 12.1 Å². The van der Waals surface area contributed by atoms with Crippen LogP contribution in [-0.2, 0) is 4.79 Å². The number of aliphatic hydroxyl groups excluding tert-OH is 1. The molecule has 0 heterocycles. The topological polar surface area (TPSA) is 58.6 Å². The van der Waals surface area contributed by atoms with Crippen molar-refractivity contribution in [1.29, 1.82) is 0 Å². The number of methoxy groups -OCH3 is 1. The molecular weight excluding hydrogens is 335 g/mol. The largest absolute Gasteiger partial charge is 0.497 e. The summed E-state index contributed by atoms with van der Waals surface area (Å²) in [6.45, 7) is 0. The normalized spacial score (nSPS) is 11.9. The van der Waals surface area contributed by atoms with Crippen LogP contribution in [-0.4, -0.2) is 24.3 Å². The number of halogens is 3. The molecule has 0 aliphatic carbocycles. The highest BCUT2D eigenvalue weighted by molar-refractivity contribution is 5.96. The molecule has 1 atom stereocenters. The lowest BCUT2D eigenvalue weighted by Crippen LogP contribution is -2.30. The first kappa shape index (κ1) is 18.4. The molecule has 0 spiro atoms. The highest BCUT2D eigenvalue weighted by atomic mass is 19.4. The molecule has 0 aliphatic heterocycles. The van der Waals surface area contributed by atoms with Crippen LogP contribution in [0.5, 0.6) is 5.75 Å². The maximum absolute atomic E-state index is 12.4. The molecule has 2 rings (SSSR count). The van der Waals surface area contributed by atoms with E-state index < -0.39 is 18.2 Å². The van der Waals surface area contributed by atoms with Gasteiger partial charge in [-0.05, 0) is 29.8 Å². The van der Waals surface area contributed by atoms with Gasteiger partial charge in [0.2, 0.25) is 0 Å². The fourth-order valence-corrected chi connectivity index (χ4v) is 1.91. The minimum atomic E-state index is -5.00. The molecule has 0 aliphatic rings. The fraction of sp³-hybridized carbons (Fsp3) is 0.167. The number of rotatable bonds is 3. The quantitative estimate of drug-likeness (QED) is 0.836. The van der Waals surface area contributed by atoms with Gasteiger partial charge in [0.15, 0.2) is 0 Å². The van der Waals surface area contributed by atoms with E-state index in [9.17, 15) is 23.1 Å². The molecule has 2 aromatic rings. The van der Waals surface area contributed by atoms with Crippen molar-refractivity contribution < 1.29 is 27.8 Å². The van der Waals surface area contributed by atoms with Crippen LogP contribution < -0.4 is 10.1 Å². The maximum atomic E-state index is 12.4. The molecule has 0 saturated heterocycles.